The Kier molecular flexibility index (Phi) is 7.25. The van der Waals surface area contributed by atoms with Gasteiger partial charge in [0, 0.05) is 41.3 Å². The van der Waals surface area contributed by atoms with Crippen molar-refractivity contribution in [3.05, 3.63) is 117 Å². The molecule has 0 saturated carbocycles. The van der Waals surface area contributed by atoms with Crippen molar-refractivity contribution in [1.82, 2.24) is 4.90 Å². The van der Waals surface area contributed by atoms with Gasteiger partial charge in [0.1, 0.15) is 23.4 Å². The van der Waals surface area contributed by atoms with Crippen molar-refractivity contribution in [3.63, 3.8) is 0 Å². The van der Waals surface area contributed by atoms with E-state index in [2.05, 4.69) is 35.2 Å². The number of rotatable bonds is 7. The zero-order valence-corrected chi connectivity index (χ0v) is 20.7. The van der Waals surface area contributed by atoms with Crippen LogP contribution in [0.4, 0.5) is 5.00 Å². The van der Waals surface area contributed by atoms with Crippen LogP contribution in [0.5, 0.6) is 5.75 Å². The molecule has 35 heavy (non-hydrogen) atoms. The van der Waals surface area contributed by atoms with Crippen molar-refractivity contribution >= 4 is 34.2 Å². The maximum atomic E-state index is 9.84. The monoisotopic (exact) mass is 497 g/mol. The molecule has 5 rings (SSSR count). The van der Waals surface area contributed by atoms with Crippen LogP contribution in [0.25, 0.3) is 0 Å². The highest BCUT2D eigenvalue weighted by molar-refractivity contribution is 7.16. The molecule has 1 aromatic heterocycles. The van der Waals surface area contributed by atoms with Gasteiger partial charge in [-0.25, -0.2) is 4.99 Å². The highest BCUT2D eigenvalue weighted by Gasteiger charge is 2.24. The van der Waals surface area contributed by atoms with Gasteiger partial charge in [-0.1, -0.05) is 72.3 Å². The van der Waals surface area contributed by atoms with Gasteiger partial charge < -0.3 is 4.74 Å². The summed E-state index contributed by atoms with van der Waals surface area (Å²) < 4.78 is 5.94. The summed E-state index contributed by atoms with van der Waals surface area (Å²) in [5.41, 5.74) is 5.04. The summed E-state index contributed by atoms with van der Waals surface area (Å²) in [6, 6.07) is 28.4. The lowest BCUT2D eigenvalue weighted by atomic mass is 10.0. The molecule has 0 bridgehead atoms. The zero-order valence-electron chi connectivity index (χ0n) is 19.2. The van der Waals surface area contributed by atoms with Gasteiger partial charge in [-0.3, -0.25) is 4.90 Å². The molecule has 1 aliphatic heterocycles. The van der Waals surface area contributed by atoms with E-state index in [4.69, 9.17) is 21.3 Å². The number of hydrogen-bond donors (Lipinski definition) is 0. The van der Waals surface area contributed by atoms with E-state index in [1.807, 2.05) is 60.8 Å². The molecule has 0 unspecified atom stereocenters. The van der Waals surface area contributed by atoms with E-state index < -0.39 is 0 Å². The molecule has 0 amide bonds. The number of aliphatic imine (C=N–C) groups is 1. The Labute approximate surface area is 214 Å². The summed E-state index contributed by atoms with van der Waals surface area (Å²) in [5.74, 6) is 0.747. The van der Waals surface area contributed by atoms with Gasteiger partial charge in [-0.15, -0.1) is 11.3 Å². The van der Waals surface area contributed by atoms with E-state index in [-0.39, 0.29) is 0 Å². The molecule has 0 radical (unpaired) electrons. The summed E-state index contributed by atoms with van der Waals surface area (Å²) in [5, 5.41) is 11.3. The smallest absolute Gasteiger partial charge is 0.134 e. The van der Waals surface area contributed by atoms with Crippen LogP contribution < -0.4 is 4.74 Å². The molecule has 6 heteroatoms. The van der Waals surface area contributed by atoms with Gasteiger partial charge in [0.2, 0.25) is 0 Å². The minimum atomic E-state index is 0.399. The fraction of sp³-hybridized carbons (Fsp3) is 0.172. The Morgan fingerprint density at radius 3 is 2.71 bits per heavy atom. The second-order valence-electron chi connectivity index (χ2n) is 8.45. The number of hydrogen-bond acceptors (Lipinski definition) is 5. The van der Waals surface area contributed by atoms with Gasteiger partial charge in [0.15, 0.2) is 0 Å². The first-order valence-corrected chi connectivity index (χ1v) is 12.7. The normalized spacial score (nSPS) is 13.5. The molecule has 0 saturated heterocycles. The van der Waals surface area contributed by atoms with Gasteiger partial charge in [0.05, 0.1) is 5.56 Å². The Bertz CT molecular complexity index is 1390. The maximum Gasteiger partial charge on any atom is 0.134 e. The average molecular weight is 498 g/mol. The summed E-state index contributed by atoms with van der Waals surface area (Å²) in [7, 11) is 0. The summed E-state index contributed by atoms with van der Waals surface area (Å²) in [6.45, 7) is 3.11. The minimum Gasteiger partial charge on any atom is -0.489 e. The molecule has 1 aliphatic rings. The van der Waals surface area contributed by atoms with Crippen LogP contribution >= 0.6 is 22.9 Å². The summed E-state index contributed by atoms with van der Waals surface area (Å²) in [4.78, 5) is 8.39. The molecule has 0 atom stereocenters. The predicted molar refractivity (Wildman–Crippen MR) is 143 cm³/mol. The summed E-state index contributed by atoms with van der Waals surface area (Å²) in [6.07, 6.45) is 2.69. The first-order valence-electron chi connectivity index (χ1n) is 11.5. The van der Waals surface area contributed by atoms with Crippen LogP contribution in [-0.4, -0.2) is 17.7 Å². The molecule has 0 aliphatic carbocycles. The third-order valence-electron chi connectivity index (χ3n) is 6.02. The van der Waals surface area contributed by atoms with Crippen molar-refractivity contribution in [2.45, 2.75) is 26.1 Å². The molecule has 0 N–H and O–H groups in total. The van der Waals surface area contributed by atoms with Gasteiger partial charge in [-0.2, -0.15) is 5.26 Å². The van der Waals surface area contributed by atoms with Crippen molar-refractivity contribution in [3.8, 4) is 11.8 Å². The average Bonchev–Trinajstić information content (AvgIpc) is 3.24. The Hall–Kier alpha value is -3.43. The number of ether oxygens (including phenoxy) is 1. The van der Waals surface area contributed by atoms with Crippen LogP contribution in [0, 0.1) is 11.3 Å². The van der Waals surface area contributed by atoms with Crippen molar-refractivity contribution < 1.29 is 4.74 Å². The Morgan fingerprint density at radius 2 is 1.89 bits per heavy atom. The number of thiophene rings is 1. The molecule has 0 fully saturated rings. The zero-order chi connectivity index (χ0) is 24.0. The van der Waals surface area contributed by atoms with Crippen LogP contribution in [0.15, 0.2) is 83.9 Å². The lowest BCUT2D eigenvalue weighted by molar-refractivity contribution is 0.249. The van der Waals surface area contributed by atoms with E-state index in [1.165, 1.54) is 10.4 Å². The van der Waals surface area contributed by atoms with E-state index in [0.29, 0.717) is 17.2 Å². The second-order valence-corrected chi connectivity index (χ2v) is 9.94. The number of benzene rings is 3. The second kappa shape index (κ2) is 10.9. The molecule has 3 aromatic carbocycles. The highest BCUT2D eigenvalue weighted by Crippen LogP contribution is 2.38. The first-order chi connectivity index (χ1) is 17.2. The molecule has 4 aromatic rings. The van der Waals surface area contributed by atoms with Crippen LogP contribution in [-0.2, 0) is 26.1 Å². The van der Waals surface area contributed by atoms with E-state index >= 15 is 0 Å². The lowest BCUT2D eigenvalue weighted by Gasteiger charge is -2.26. The van der Waals surface area contributed by atoms with Gasteiger partial charge in [0.25, 0.3) is 0 Å². The number of fused-ring (bicyclic) bond motifs is 1. The largest absolute Gasteiger partial charge is 0.489 e. The molecule has 0 spiro atoms. The third kappa shape index (κ3) is 5.63. The van der Waals surface area contributed by atoms with E-state index in [1.54, 1.807) is 11.3 Å². The van der Waals surface area contributed by atoms with Crippen molar-refractivity contribution in [2.24, 2.45) is 4.99 Å². The highest BCUT2D eigenvalue weighted by atomic mass is 35.5. The SMILES string of the molecule is N#Cc1c(N=Cc2cccc(OCc3ccccc3Cl)c2)sc2c1CCN(Cc1ccccc1)C2. The van der Waals surface area contributed by atoms with Crippen molar-refractivity contribution in [1.29, 1.82) is 5.26 Å². The molecule has 174 valence electrons. The minimum absolute atomic E-state index is 0.399. The number of halogens is 1. The number of nitrogens with zero attached hydrogens (tertiary/aromatic N) is 3. The topological polar surface area (TPSA) is 48.6 Å². The Morgan fingerprint density at radius 1 is 1.06 bits per heavy atom. The quantitative estimate of drug-likeness (QED) is 0.254. The number of nitriles is 1. The standard InChI is InChI=1S/C29H24ClN3OS/c30-27-12-5-4-10-23(27)20-34-24-11-6-9-22(15-24)17-32-29-26(16-31)25-13-14-33(19-28(25)35-29)18-21-7-2-1-3-8-21/h1-12,15,17H,13-14,18-20H2. The lowest BCUT2D eigenvalue weighted by Crippen LogP contribution is -2.29. The van der Waals surface area contributed by atoms with Gasteiger partial charge >= 0.3 is 0 Å². The molecular formula is C29H24ClN3OS. The van der Waals surface area contributed by atoms with Crippen LogP contribution in [0.2, 0.25) is 5.02 Å². The van der Waals surface area contributed by atoms with E-state index in [0.717, 1.165) is 53.5 Å². The van der Waals surface area contributed by atoms with E-state index in [9.17, 15) is 5.26 Å². The fourth-order valence-corrected chi connectivity index (χ4v) is 5.59. The predicted octanol–water partition coefficient (Wildman–Crippen LogP) is 7.16. The maximum absolute atomic E-state index is 9.84. The molecular weight excluding hydrogens is 474 g/mol. The third-order valence-corrected chi connectivity index (χ3v) is 7.51. The fourth-order valence-electron chi connectivity index (χ4n) is 4.22. The summed E-state index contributed by atoms with van der Waals surface area (Å²) >= 11 is 7.86. The first kappa shape index (κ1) is 23.3. The molecule has 4 nitrogen and oxygen atoms in total. The molecule has 2 heterocycles. The Balaban J connectivity index is 1.29. The van der Waals surface area contributed by atoms with Crippen LogP contribution in [0.1, 0.15) is 32.7 Å². The van der Waals surface area contributed by atoms with Gasteiger partial charge in [-0.05, 0) is 41.3 Å². The van der Waals surface area contributed by atoms with Crippen LogP contribution in [0.3, 0.4) is 0 Å². The van der Waals surface area contributed by atoms with Crippen molar-refractivity contribution in [2.75, 3.05) is 6.54 Å².